The Morgan fingerprint density at radius 2 is 1.77 bits per heavy atom. The van der Waals surface area contributed by atoms with Crippen molar-refractivity contribution in [3.8, 4) is 34.0 Å². The monoisotopic (exact) mass is 532 g/mol. The number of hydrogen-bond donors (Lipinski definition) is 1. The van der Waals surface area contributed by atoms with Crippen LogP contribution in [-0.2, 0) is 6.42 Å². The average Bonchev–Trinajstić information content (AvgIpc) is 3.77. The van der Waals surface area contributed by atoms with Gasteiger partial charge in [0.15, 0.2) is 5.82 Å². The first kappa shape index (κ1) is 23.9. The molecule has 0 saturated carbocycles. The van der Waals surface area contributed by atoms with Gasteiger partial charge in [0.1, 0.15) is 11.5 Å². The van der Waals surface area contributed by atoms with Crippen LogP contribution in [0.5, 0.6) is 0 Å². The highest BCUT2D eigenvalue weighted by Gasteiger charge is 2.24. The van der Waals surface area contributed by atoms with Gasteiger partial charge in [-0.1, -0.05) is 30.3 Å². The molecule has 0 bridgehead atoms. The molecular weight excluding hydrogens is 504 g/mol. The van der Waals surface area contributed by atoms with Crippen molar-refractivity contribution in [2.24, 2.45) is 0 Å². The van der Waals surface area contributed by atoms with Crippen molar-refractivity contribution in [3.05, 3.63) is 95.3 Å². The fourth-order valence-electron chi connectivity index (χ4n) is 5.38. The molecule has 1 fully saturated rings. The third kappa shape index (κ3) is 4.86. The quantitative estimate of drug-likeness (QED) is 0.283. The molecule has 1 aliphatic heterocycles. The van der Waals surface area contributed by atoms with Crippen LogP contribution in [0.3, 0.4) is 0 Å². The van der Waals surface area contributed by atoms with Crippen LogP contribution in [0.4, 0.5) is 0 Å². The molecule has 1 aliphatic rings. The number of H-pyrrole nitrogens is 1. The first-order valence-electron chi connectivity index (χ1n) is 13.3. The summed E-state index contributed by atoms with van der Waals surface area (Å²) >= 11 is 1.69. The zero-order chi connectivity index (χ0) is 26.0. The number of nitrogens with zero attached hydrogens (tertiary/aromatic N) is 7. The molecule has 0 unspecified atom stereocenters. The Balaban J connectivity index is 0.984. The topological polar surface area (TPSA) is 87.9 Å². The molecule has 1 saturated heterocycles. The molecule has 5 aromatic heterocycles. The smallest absolute Gasteiger partial charge is 0.234 e. The number of benzene rings is 1. The maximum atomic E-state index is 4.87. The molecule has 194 valence electrons. The summed E-state index contributed by atoms with van der Waals surface area (Å²) < 4.78 is 2.08. The Hall–Kier alpha value is -4.21. The van der Waals surface area contributed by atoms with Crippen molar-refractivity contribution in [2.75, 3.05) is 19.6 Å². The Morgan fingerprint density at radius 1 is 0.897 bits per heavy atom. The summed E-state index contributed by atoms with van der Waals surface area (Å²) in [6, 6.07) is 18.8. The molecule has 9 heteroatoms. The van der Waals surface area contributed by atoms with Gasteiger partial charge in [0.2, 0.25) is 5.78 Å². The van der Waals surface area contributed by atoms with Gasteiger partial charge < -0.3 is 4.90 Å². The van der Waals surface area contributed by atoms with Crippen molar-refractivity contribution in [1.82, 2.24) is 39.4 Å². The predicted molar refractivity (Wildman–Crippen MR) is 153 cm³/mol. The van der Waals surface area contributed by atoms with Crippen molar-refractivity contribution < 1.29 is 0 Å². The first-order chi connectivity index (χ1) is 19.3. The number of aromatic nitrogens is 7. The number of imidazole rings is 1. The fraction of sp³-hybridized carbons (Fsp3) is 0.233. The van der Waals surface area contributed by atoms with Crippen LogP contribution in [0.1, 0.15) is 30.1 Å². The summed E-state index contributed by atoms with van der Waals surface area (Å²) in [7, 11) is 0. The van der Waals surface area contributed by atoms with Crippen LogP contribution in [0.15, 0.2) is 83.9 Å². The Bertz CT molecular complexity index is 1660. The van der Waals surface area contributed by atoms with E-state index in [0.717, 1.165) is 73.1 Å². The molecule has 0 amide bonds. The number of rotatable bonds is 7. The number of pyridine rings is 1. The zero-order valence-electron chi connectivity index (χ0n) is 21.4. The molecule has 6 heterocycles. The van der Waals surface area contributed by atoms with Gasteiger partial charge in [-0.25, -0.2) is 15.0 Å². The molecule has 1 aromatic carbocycles. The van der Waals surface area contributed by atoms with E-state index in [1.807, 2.05) is 30.5 Å². The molecule has 0 aliphatic carbocycles. The summed E-state index contributed by atoms with van der Waals surface area (Å²) in [5.41, 5.74) is 6.50. The van der Waals surface area contributed by atoms with E-state index in [1.165, 1.54) is 11.1 Å². The van der Waals surface area contributed by atoms with E-state index in [0.29, 0.717) is 11.7 Å². The second-order valence-electron chi connectivity index (χ2n) is 9.93. The second-order valence-corrected chi connectivity index (χ2v) is 10.7. The normalized spacial score (nSPS) is 14.8. The van der Waals surface area contributed by atoms with Gasteiger partial charge in [-0.15, -0.1) is 0 Å². The van der Waals surface area contributed by atoms with Crippen molar-refractivity contribution in [1.29, 1.82) is 0 Å². The van der Waals surface area contributed by atoms with E-state index in [2.05, 4.69) is 70.6 Å². The lowest BCUT2D eigenvalue weighted by molar-refractivity contribution is 0.211. The van der Waals surface area contributed by atoms with Crippen LogP contribution in [-0.4, -0.2) is 59.1 Å². The number of nitrogens with one attached hydrogen (secondary N) is 1. The van der Waals surface area contributed by atoms with Gasteiger partial charge in [0.25, 0.3) is 0 Å². The molecule has 0 atom stereocenters. The van der Waals surface area contributed by atoms with Gasteiger partial charge in [0, 0.05) is 47.6 Å². The first-order valence-corrected chi connectivity index (χ1v) is 14.3. The second kappa shape index (κ2) is 10.5. The third-order valence-electron chi connectivity index (χ3n) is 7.51. The van der Waals surface area contributed by atoms with E-state index < -0.39 is 0 Å². The minimum absolute atomic E-state index is 0.419. The highest BCUT2D eigenvalue weighted by atomic mass is 32.1. The van der Waals surface area contributed by atoms with Gasteiger partial charge in [0.05, 0.1) is 11.4 Å². The SMILES string of the molecule is c1ccc(-c2n[nH]c(C3CCN(CCc4ccc(-c5nc6ncccn6c5-c5ccsc5)cc4)CC3)n2)nc1. The minimum atomic E-state index is 0.419. The number of fused-ring (bicyclic) bond motifs is 1. The van der Waals surface area contributed by atoms with E-state index in [1.54, 1.807) is 23.7 Å². The molecular formula is C30H28N8S. The third-order valence-corrected chi connectivity index (χ3v) is 8.20. The highest BCUT2D eigenvalue weighted by Crippen LogP contribution is 2.33. The van der Waals surface area contributed by atoms with Crippen LogP contribution in [0, 0.1) is 0 Å². The number of hydrogen-bond acceptors (Lipinski definition) is 7. The van der Waals surface area contributed by atoms with Crippen molar-refractivity contribution >= 4 is 17.1 Å². The van der Waals surface area contributed by atoms with Crippen LogP contribution in [0.2, 0.25) is 0 Å². The molecule has 7 rings (SSSR count). The Labute approximate surface area is 230 Å². The van der Waals surface area contributed by atoms with Gasteiger partial charge in [-0.05, 0) is 67.6 Å². The number of piperidine rings is 1. The lowest BCUT2D eigenvalue weighted by atomic mass is 9.96. The van der Waals surface area contributed by atoms with E-state index >= 15 is 0 Å². The average molecular weight is 533 g/mol. The van der Waals surface area contributed by atoms with Crippen LogP contribution in [0.25, 0.3) is 39.8 Å². The largest absolute Gasteiger partial charge is 0.303 e. The van der Waals surface area contributed by atoms with Gasteiger partial charge >= 0.3 is 0 Å². The zero-order valence-corrected chi connectivity index (χ0v) is 22.3. The van der Waals surface area contributed by atoms with E-state index in [4.69, 9.17) is 9.97 Å². The molecule has 0 spiro atoms. The summed E-state index contributed by atoms with van der Waals surface area (Å²) in [5, 5.41) is 11.8. The van der Waals surface area contributed by atoms with Crippen molar-refractivity contribution in [3.63, 3.8) is 0 Å². The number of aromatic amines is 1. The standard InChI is InChI=1S/C30H28N8S/c1-2-13-31-25(4-1)29-34-28(35-36-29)23-10-17-37(18-11-23)16-9-21-5-7-22(8-6-21)26-27(24-12-19-39-20-24)38-15-3-14-32-30(38)33-26/h1-8,12-15,19-20,23H,9-11,16-18H2,(H,34,35,36). The molecule has 39 heavy (non-hydrogen) atoms. The minimum Gasteiger partial charge on any atom is -0.303 e. The van der Waals surface area contributed by atoms with Gasteiger partial charge in [-0.2, -0.15) is 16.4 Å². The van der Waals surface area contributed by atoms with E-state index in [9.17, 15) is 0 Å². The lowest BCUT2D eigenvalue weighted by Gasteiger charge is -2.30. The summed E-state index contributed by atoms with van der Waals surface area (Å²) in [5.74, 6) is 2.80. The Kier molecular flexibility index (Phi) is 6.43. The number of likely N-dealkylation sites (tertiary alicyclic amines) is 1. The summed E-state index contributed by atoms with van der Waals surface area (Å²) in [6.07, 6.45) is 8.80. The fourth-order valence-corrected chi connectivity index (χ4v) is 6.02. The molecule has 8 nitrogen and oxygen atoms in total. The van der Waals surface area contributed by atoms with E-state index in [-0.39, 0.29) is 0 Å². The Morgan fingerprint density at radius 3 is 2.56 bits per heavy atom. The summed E-state index contributed by atoms with van der Waals surface area (Å²) in [4.78, 5) is 21.0. The van der Waals surface area contributed by atoms with Crippen molar-refractivity contribution in [2.45, 2.75) is 25.2 Å². The van der Waals surface area contributed by atoms with Gasteiger partial charge in [-0.3, -0.25) is 14.5 Å². The summed E-state index contributed by atoms with van der Waals surface area (Å²) in [6.45, 7) is 3.20. The number of thiophene rings is 1. The maximum Gasteiger partial charge on any atom is 0.234 e. The molecule has 1 N–H and O–H groups in total. The predicted octanol–water partition coefficient (Wildman–Crippen LogP) is 5.73. The molecule has 0 radical (unpaired) electrons. The lowest BCUT2D eigenvalue weighted by Crippen LogP contribution is -2.34. The maximum absolute atomic E-state index is 4.87. The molecule has 6 aromatic rings. The highest BCUT2D eigenvalue weighted by molar-refractivity contribution is 7.08. The van der Waals surface area contributed by atoms with Crippen LogP contribution < -0.4 is 0 Å². The van der Waals surface area contributed by atoms with Crippen LogP contribution >= 0.6 is 11.3 Å².